The van der Waals surface area contributed by atoms with E-state index in [-0.39, 0.29) is 48.1 Å². The lowest BCUT2D eigenvalue weighted by Crippen LogP contribution is -2.49. The minimum Gasteiger partial charge on any atom is -0.393 e. The molecular formula is C20H24F2N2O3. The van der Waals surface area contributed by atoms with Gasteiger partial charge in [0.15, 0.2) is 0 Å². The van der Waals surface area contributed by atoms with E-state index in [9.17, 15) is 23.5 Å². The van der Waals surface area contributed by atoms with Crippen LogP contribution in [0.3, 0.4) is 0 Å². The van der Waals surface area contributed by atoms with Crippen LogP contribution >= 0.6 is 0 Å². The normalized spacial score (nSPS) is 29.0. The number of hydrogen-bond acceptors (Lipinski definition) is 3. The lowest BCUT2D eigenvalue weighted by Gasteiger charge is -2.32. The maximum atomic E-state index is 15.0. The molecule has 0 radical (unpaired) electrons. The fourth-order valence-corrected chi connectivity index (χ4v) is 3.80. The summed E-state index contributed by atoms with van der Waals surface area (Å²) >= 11 is 0. The number of amides is 2. The van der Waals surface area contributed by atoms with Gasteiger partial charge < -0.3 is 15.3 Å². The summed E-state index contributed by atoms with van der Waals surface area (Å²) in [4.78, 5) is 26.1. The summed E-state index contributed by atoms with van der Waals surface area (Å²) in [6.07, 6.45) is 1.62. The second-order valence-corrected chi connectivity index (χ2v) is 8.11. The van der Waals surface area contributed by atoms with Gasteiger partial charge >= 0.3 is 0 Å². The van der Waals surface area contributed by atoms with Crippen molar-refractivity contribution >= 4 is 11.8 Å². The van der Waals surface area contributed by atoms with E-state index in [0.29, 0.717) is 18.4 Å². The van der Waals surface area contributed by atoms with E-state index >= 15 is 0 Å². The van der Waals surface area contributed by atoms with Crippen LogP contribution in [0.5, 0.6) is 0 Å². The molecule has 2 N–H and O–H groups in total. The van der Waals surface area contributed by atoms with Crippen LogP contribution < -0.4 is 5.32 Å². The minimum atomic E-state index is -1.11. The molecule has 3 aliphatic carbocycles. The van der Waals surface area contributed by atoms with E-state index in [0.717, 1.165) is 12.8 Å². The van der Waals surface area contributed by atoms with Crippen molar-refractivity contribution in [3.63, 3.8) is 0 Å². The van der Waals surface area contributed by atoms with E-state index < -0.39 is 23.8 Å². The van der Waals surface area contributed by atoms with Crippen molar-refractivity contribution in [2.75, 3.05) is 13.6 Å². The van der Waals surface area contributed by atoms with Crippen LogP contribution in [-0.2, 0) is 4.79 Å². The van der Waals surface area contributed by atoms with Gasteiger partial charge in [-0.3, -0.25) is 9.59 Å². The van der Waals surface area contributed by atoms with Gasteiger partial charge in [0.2, 0.25) is 5.91 Å². The molecule has 1 aromatic rings. The zero-order chi connectivity index (χ0) is 19.3. The highest BCUT2D eigenvalue weighted by Gasteiger charge is 2.44. The first-order chi connectivity index (χ1) is 12.8. The summed E-state index contributed by atoms with van der Waals surface area (Å²) in [5.74, 6) is -1.65. The molecule has 0 spiro atoms. The zero-order valence-corrected chi connectivity index (χ0v) is 15.3. The van der Waals surface area contributed by atoms with Crippen LogP contribution in [0.1, 0.15) is 65.4 Å². The number of likely N-dealkylation sites (N-methyl/N-ethyl adjacent to an activating group) is 1. The Morgan fingerprint density at radius 2 is 1.93 bits per heavy atom. The molecule has 3 saturated carbocycles. The Kier molecular flexibility index (Phi) is 4.66. The SMILES string of the molecule is CN(CC(=O)N[C@H]1C[C@@H](O)C1)C(=O)c1ccc(C2CC2)c(F)c1[C@@H]1C[C@H]1F. The first-order valence-electron chi connectivity index (χ1n) is 9.54. The number of benzene rings is 1. The second kappa shape index (κ2) is 6.86. The lowest BCUT2D eigenvalue weighted by atomic mass is 9.89. The molecule has 0 heterocycles. The topological polar surface area (TPSA) is 69.6 Å². The largest absolute Gasteiger partial charge is 0.393 e. The van der Waals surface area contributed by atoms with Gasteiger partial charge in [-0.25, -0.2) is 8.78 Å². The van der Waals surface area contributed by atoms with Crippen LogP contribution in [0.15, 0.2) is 12.1 Å². The van der Waals surface area contributed by atoms with Crippen LogP contribution in [0, 0.1) is 5.82 Å². The monoisotopic (exact) mass is 378 g/mol. The summed E-state index contributed by atoms with van der Waals surface area (Å²) in [7, 11) is 1.48. The lowest BCUT2D eigenvalue weighted by molar-refractivity contribution is -0.123. The summed E-state index contributed by atoms with van der Waals surface area (Å²) in [5, 5.41) is 12.0. The summed E-state index contributed by atoms with van der Waals surface area (Å²) in [6.45, 7) is -0.166. The van der Waals surface area contributed by atoms with Crippen molar-refractivity contribution in [3.05, 3.63) is 34.6 Å². The van der Waals surface area contributed by atoms with E-state index in [1.807, 2.05) is 0 Å². The van der Waals surface area contributed by atoms with Crippen LogP contribution in [0.25, 0.3) is 0 Å². The number of nitrogens with zero attached hydrogens (tertiary/aromatic N) is 1. The van der Waals surface area contributed by atoms with Crippen molar-refractivity contribution in [1.82, 2.24) is 10.2 Å². The molecule has 2 amide bonds. The third-order valence-electron chi connectivity index (χ3n) is 5.75. The third kappa shape index (κ3) is 3.70. The molecule has 3 fully saturated rings. The Bertz CT molecular complexity index is 775. The number of halogens is 2. The number of rotatable bonds is 6. The van der Waals surface area contributed by atoms with Gasteiger partial charge in [0.05, 0.1) is 12.6 Å². The van der Waals surface area contributed by atoms with Gasteiger partial charge in [-0.15, -0.1) is 0 Å². The van der Waals surface area contributed by atoms with E-state index in [1.165, 1.54) is 11.9 Å². The van der Waals surface area contributed by atoms with Crippen LogP contribution in [-0.4, -0.2) is 53.7 Å². The summed E-state index contributed by atoms with van der Waals surface area (Å²) < 4.78 is 28.7. The summed E-state index contributed by atoms with van der Waals surface area (Å²) in [5.41, 5.74) is 0.896. The Balaban J connectivity index is 1.49. The first kappa shape index (κ1) is 18.3. The molecule has 7 heteroatoms. The van der Waals surface area contributed by atoms with Gasteiger partial charge in [0.1, 0.15) is 12.0 Å². The molecule has 146 valence electrons. The van der Waals surface area contributed by atoms with Crippen molar-refractivity contribution in [1.29, 1.82) is 0 Å². The van der Waals surface area contributed by atoms with Gasteiger partial charge in [-0.2, -0.15) is 0 Å². The van der Waals surface area contributed by atoms with Gasteiger partial charge in [0.25, 0.3) is 5.91 Å². The number of carbonyl (C=O) groups is 2. The average molecular weight is 378 g/mol. The quantitative estimate of drug-likeness (QED) is 0.798. The summed E-state index contributed by atoms with van der Waals surface area (Å²) in [6, 6.07) is 3.14. The van der Waals surface area contributed by atoms with Gasteiger partial charge in [0, 0.05) is 30.1 Å². The maximum absolute atomic E-state index is 15.0. The van der Waals surface area contributed by atoms with Crippen LogP contribution in [0.2, 0.25) is 0 Å². The third-order valence-corrected chi connectivity index (χ3v) is 5.75. The Labute approximate surface area is 156 Å². The molecule has 2 atom stereocenters. The highest BCUT2D eigenvalue weighted by atomic mass is 19.1. The molecule has 0 aromatic heterocycles. The van der Waals surface area contributed by atoms with Gasteiger partial charge in [-0.05, 0) is 49.7 Å². The molecule has 5 nitrogen and oxygen atoms in total. The Morgan fingerprint density at radius 1 is 1.26 bits per heavy atom. The molecule has 27 heavy (non-hydrogen) atoms. The van der Waals surface area contributed by atoms with E-state index in [2.05, 4.69) is 5.32 Å². The second-order valence-electron chi connectivity index (χ2n) is 8.11. The number of alkyl halides is 1. The molecule has 4 rings (SSSR count). The minimum absolute atomic E-state index is 0.0689. The highest BCUT2D eigenvalue weighted by Crippen LogP contribution is 2.49. The van der Waals surface area contributed by atoms with Crippen molar-refractivity contribution in [3.8, 4) is 0 Å². The highest BCUT2D eigenvalue weighted by molar-refractivity contribution is 5.98. The predicted octanol–water partition coefficient (Wildman–Crippen LogP) is 2.24. The zero-order valence-electron chi connectivity index (χ0n) is 15.3. The molecule has 0 aliphatic heterocycles. The fourth-order valence-electron chi connectivity index (χ4n) is 3.80. The van der Waals surface area contributed by atoms with E-state index in [4.69, 9.17) is 0 Å². The number of aliphatic hydroxyl groups is 1. The molecule has 0 unspecified atom stereocenters. The van der Waals surface area contributed by atoms with Crippen molar-refractivity contribution in [2.24, 2.45) is 0 Å². The van der Waals surface area contributed by atoms with Crippen LogP contribution in [0.4, 0.5) is 8.78 Å². The molecule has 0 saturated heterocycles. The fraction of sp³-hybridized carbons (Fsp3) is 0.600. The number of hydrogen-bond donors (Lipinski definition) is 2. The van der Waals surface area contributed by atoms with E-state index in [1.54, 1.807) is 12.1 Å². The Morgan fingerprint density at radius 3 is 2.48 bits per heavy atom. The van der Waals surface area contributed by atoms with Crippen molar-refractivity contribution in [2.45, 2.75) is 62.3 Å². The number of nitrogens with one attached hydrogen (secondary N) is 1. The molecule has 3 aliphatic rings. The van der Waals surface area contributed by atoms with Gasteiger partial charge in [-0.1, -0.05) is 6.07 Å². The smallest absolute Gasteiger partial charge is 0.254 e. The molecular weight excluding hydrogens is 354 g/mol. The Hall–Kier alpha value is -2.02. The standard InChI is InChI=1S/C20H24F2N2O3/c1-24(9-17(26)23-11-6-12(25)7-11)20(27)14-5-4-13(10-2-3-10)19(22)18(14)15-8-16(15)21/h4-5,10-12,15-16,25H,2-3,6-9H2,1H3,(H,23,26)/t11-,12+,15-,16-/m1/s1. The molecule has 1 aromatic carbocycles. The first-order valence-corrected chi connectivity index (χ1v) is 9.54. The maximum Gasteiger partial charge on any atom is 0.254 e. The predicted molar refractivity (Wildman–Crippen MR) is 94.8 cm³/mol. The molecule has 0 bridgehead atoms. The number of carbonyl (C=O) groups excluding carboxylic acids is 2. The number of aliphatic hydroxyl groups excluding tert-OH is 1. The average Bonchev–Trinajstić information content (AvgIpc) is 3.50. The van der Waals surface area contributed by atoms with Crippen molar-refractivity contribution < 1.29 is 23.5 Å².